The van der Waals surface area contributed by atoms with Crippen molar-refractivity contribution in [2.45, 2.75) is 17.3 Å². The van der Waals surface area contributed by atoms with Crippen molar-refractivity contribution in [3.63, 3.8) is 0 Å². The maximum absolute atomic E-state index is 12.7. The van der Waals surface area contributed by atoms with Gasteiger partial charge in [-0.15, -0.1) is 10.2 Å². The predicted octanol–water partition coefficient (Wildman–Crippen LogP) is 1.28. The number of nitrogens with zero attached hydrogens (tertiary/aromatic N) is 4. The van der Waals surface area contributed by atoms with E-state index in [1.807, 2.05) is 25.2 Å². The van der Waals surface area contributed by atoms with Gasteiger partial charge >= 0.3 is 0 Å². The fourth-order valence-corrected chi connectivity index (χ4v) is 3.09. The molecule has 1 aromatic heterocycles. The summed E-state index contributed by atoms with van der Waals surface area (Å²) in [6.07, 6.45) is 1.59. The fourth-order valence-electron chi connectivity index (χ4n) is 2.24. The first-order chi connectivity index (χ1) is 10.6. The second-order valence-corrected chi connectivity index (χ2v) is 6.28. The predicted molar refractivity (Wildman–Crippen MR) is 83.7 cm³/mol. The second kappa shape index (κ2) is 5.80. The number of para-hydroxylation sites is 2. The number of benzene rings is 1. The maximum Gasteiger partial charge on any atom is 0.244 e. The Morgan fingerprint density at radius 3 is 2.91 bits per heavy atom. The van der Waals surface area contributed by atoms with E-state index in [-0.39, 0.29) is 23.6 Å². The molecule has 1 aliphatic rings. The van der Waals surface area contributed by atoms with Crippen molar-refractivity contribution in [3.05, 3.63) is 30.6 Å². The molecule has 1 atom stereocenters. The van der Waals surface area contributed by atoms with Crippen LogP contribution in [0.5, 0.6) is 0 Å². The average Bonchev–Trinajstić information content (AvgIpc) is 2.90. The number of amides is 2. The molecular weight excluding hydrogens is 302 g/mol. The Morgan fingerprint density at radius 2 is 2.18 bits per heavy atom. The number of rotatable bonds is 3. The molecule has 0 radical (unpaired) electrons. The summed E-state index contributed by atoms with van der Waals surface area (Å²) in [7, 11) is 1.82. The number of aryl methyl sites for hydroxylation is 1. The number of hydrogen-bond donors (Lipinski definition) is 1. The van der Waals surface area contributed by atoms with Crippen LogP contribution in [0.25, 0.3) is 0 Å². The van der Waals surface area contributed by atoms with Crippen molar-refractivity contribution in [1.29, 1.82) is 0 Å². The first kappa shape index (κ1) is 14.6. The molecule has 22 heavy (non-hydrogen) atoms. The van der Waals surface area contributed by atoms with Gasteiger partial charge in [0.2, 0.25) is 11.8 Å². The summed E-state index contributed by atoms with van der Waals surface area (Å²) in [5, 5.41) is 10.8. The summed E-state index contributed by atoms with van der Waals surface area (Å²) in [4.78, 5) is 26.0. The van der Waals surface area contributed by atoms with Gasteiger partial charge in [0.1, 0.15) is 12.9 Å². The van der Waals surface area contributed by atoms with Gasteiger partial charge < -0.3 is 9.88 Å². The van der Waals surface area contributed by atoms with E-state index in [9.17, 15) is 9.59 Å². The largest absolute Gasteiger partial charge is 0.323 e. The quantitative estimate of drug-likeness (QED) is 0.863. The highest BCUT2D eigenvalue weighted by Gasteiger charge is 2.30. The van der Waals surface area contributed by atoms with Crippen molar-refractivity contribution in [2.24, 2.45) is 7.05 Å². The minimum absolute atomic E-state index is 0.0273. The molecule has 0 unspecified atom stereocenters. The smallest absolute Gasteiger partial charge is 0.244 e. The van der Waals surface area contributed by atoms with Gasteiger partial charge in [0.15, 0.2) is 5.16 Å². The van der Waals surface area contributed by atoms with Gasteiger partial charge in [-0.25, -0.2) is 0 Å². The summed E-state index contributed by atoms with van der Waals surface area (Å²) in [5.41, 5.74) is 1.38. The molecule has 1 aromatic carbocycles. The van der Waals surface area contributed by atoms with E-state index in [1.165, 1.54) is 16.7 Å². The third kappa shape index (κ3) is 2.69. The lowest BCUT2D eigenvalue weighted by molar-refractivity contribution is -0.121. The van der Waals surface area contributed by atoms with Crippen LogP contribution in [0.2, 0.25) is 0 Å². The van der Waals surface area contributed by atoms with E-state index >= 15 is 0 Å². The van der Waals surface area contributed by atoms with Gasteiger partial charge in [0, 0.05) is 7.05 Å². The van der Waals surface area contributed by atoms with Crippen LogP contribution in [-0.4, -0.2) is 38.4 Å². The zero-order valence-electron chi connectivity index (χ0n) is 12.2. The Labute approximate surface area is 131 Å². The van der Waals surface area contributed by atoms with E-state index in [0.717, 1.165) is 5.69 Å². The Balaban J connectivity index is 1.83. The SMILES string of the molecule is C[C@@H](Sc1nncn1C)C(=O)N1CC(=O)Nc2ccccc21. The van der Waals surface area contributed by atoms with Crippen LogP contribution in [0.3, 0.4) is 0 Å². The standard InChI is InChI=1S/C14H15N5O2S/c1-9(22-14-17-15-8-18(14)2)13(21)19-7-12(20)16-10-5-3-4-6-11(10)19/h3-6,8-9H,7H2,1-2H3,(H,16,20)/t9-/m1/s1. The molecule has 0 spiro atoms. The van der Waals surface area contributed by atoms with Gasteiger partial charge in [-0.3, -0.25) is 14.5 Å². The Kier molecular flexibility index (Phi) is 3.84. The van der Waals surface area contributed by atoms with E-state index in [4.69, 9.17) is 0 Å². The molecule has 7 nitrogen and oxygen atoms in total. The van der Waals surface area contributed by atoms with E-state index in [2.05, 4.69) is 15.5 Å². The minimum Gasteiger partial charge on any atom is -0.323 e. The molecule has 0 aliphatic carbocycles. The zero-order chi connectivity index (χ0) is 15.7. The van der Waals surface area contributed by atoms with Gasteiger partial charge in [-0.05, 0) is 19.1 Å². The molecule has 2 aromatic rings. The van der Waals surface area contributed by atoms with Crippen molar-refractivity contribution in [1.82, 2.24) is 14.8 Å². The lowest BCUT2D eigenvalue weighted by Crippen LogP contribution is -2.45. The molecule has 0 bridgehead atoms. The van der Waals surface area contributed by atoms with E-state index < -0.39 is 0 Å². The second-order valence-electron chi connectivity index (χ2n) is 4.97. The molecule has 0 fully saturated rings. The summed E-state index contributed by atoms with van der Waals surface area (Å²) in [6, 6.07) is 7.28. The summed E-state index contributed by atoms with van der Waals surface area (Å²) in [6.45, 7) is 1.83. The highest BCUT2D eigenvalue weighted by atomic mass is 32.2. The fraction of sp³-hybridized carbons (Fsp3) is 0.286. The minimum atomic E-state index is -0.373. The average molecular weight is 317 g/mol. The first-order valence-corrected chi connectivity index (χ1v) is 7.65. The highest BCUT2D eigenvalue weighted by molar-refractivity contribution is 8.00. The lowest BCUT2D eigenvalue weighted by atomic mass is 10.2. The van der Waals surface area contributed by atoms with Crippen LogP contribution in [0.4, 0.5) is 11.4 Å². The summed E-state index contributed by atoms with van der Waals surface area (Å²) in [5.74, 6) is -0.321. The molecule has 2 heterocycles. The van der Waals surface area contributed by atoms with Gasteiger partial charge in [0.25, 0.3) is 0 Å². The highest BCUT2D eigenvalue weighted by Crippen LogP contribution is 2.31. The van der Waals surface area contributed by atoms with Crippen LogP contribution >= 0.6 is 11.8 Å². The normalized spacial score (nSPS) is 15.2. The molecule has 8 heteroatoms. The number of nitrogens with one attached hydrogen (secondary N) is 1. The number of thioether (sulfide) groups is 1. The van der Waals surface area contributed by atoms with Crippen molar-refractivity contribution in [3.8, 4) is 0 Å². The molecular formula is C14H15N5O2S. The van der Waals surface area contributed by atoms with Crippen molar-refractivity contribution in [2.75, 3.05) is 16.8 Å². The van der Waals surface area contributed by atoms with Crippen LogP contribution in [-0.2, 0) is 16.6 Å². The van der Waals surface area contributed by atoms with Gasteiger partial charge in [-0.1, -0.05) is 23.9 Å². The van der Waals surface area contributed by atoms with Gasteiger partial charge in [-0.2, -0.15) is 0 Å². The lowest BCUT2D eigenvalue weighted by Gasteiger charge is -2.30. The van der Waals surface area contributed by atoms with Crippen LogP contribution in [0.1, 0.15) is 6.92 Å². The first-order valence-electron chi connectivity index (χ1n) is 6.77. The number of aromatic nitrogens is 3. The van der Waals surface area contributed by atoms with Crippen molar-refractivity contribution < 1.29 is 9.59 Å². The Bertz CT molecular complexity index is 730. The van der Waals surface area contributed by atoms with Crippen LogP contribution in [0.15, 0.2) is 35.7 Å². The number of carbonyl (C=O) groups is 2. The number of anilines is 2. The van der Waals surface area contributed by atoms with Crippen molar-refractivity contribution >= 4 is 35.0 Å². The summed E-state index contributed by atoms with van der Waals surface area (Å²) >= 11 is 1.32. The summed E-state index contributed by atoms with van der Waals surface area (Å²) < 4.78 is 1.76. The molecule has 2 amide bonds. The van der Waals surface area contributed by atoms with E-state index in [1.54, 1.807) is 23.9 Å². The number of carbonyl (C=O) groups excluding carboxylic acids is 2. The monoisotopic (exact) mass is 317 g/mol. The van der Waals surface area contributed by atoms with Crippen LogP contribution < -0.4 is 10.2 Å². The number of hydrogen-bond acceptors (Lipinski definition) is 5. The molecule has 114 valence electrons. The zero-order valence-corrected chi connectivity index (χ0v) is 13.0. The van der Waals surface area contributed by atoms with Crippen LogP contribution in [0, 0.1) is 0 Å². The van der Waals surface area contributed by atoms with E-state index in [0.29, 0.717) is 10.8 Å². The third-order valence-electron chi connectivity index (χ3n) is 3.34. The number of fused-ring (bicyclic) bond motifs is 1. The topological polar surface area (TPSA) is 80.1 Å². The molecule has 0 saturated carbocycles. The Morgan fingerprint density at radius 1 is 1.41 bits per heavy atom. The maximum atomic E-state index is 12.7. The molecule has 1 aliphatic heterocycles. The molecule has 0 saturated heterocycles. The third-order valence-corrected chi connectivity index (χ3v) is 4.47. The Hall–Kier alpha value is -2.35. The molecule has 1 N–H and O–H groups in total. The molecule has 3 rings (SSSR count). The van der Waals surface area contributed by atoms with Gasteiger partial charge in [0.05, 0.1) is 16.6 Å².